The van der Waals surface area contributed by atoms with Crippen LogP contribution in [0.5, 0.6) is 0 Å². The van der Waals surface area contributed by atoms with Gasteiger partial charge in [-0.15, -0.1) is 0 Å². The first kappa shape index (κ1) is 12.9. The van der Waals surface area contributed by atoms with Crippen molar-refractivity contribution >= 4 is 11.0 Å². The van der Waals surface area contributed by atoms with Gasteiger partial charge in [-0.25, -0.2) is 4.98 Å². The van der Waals surface area contributed by atoms with E-state index >= 15 is 0 Å². The van der Waals surface area contributed by atoms with Gasteiger partial charge in [0.2, 0.25) is 0 Å². The molecular weight excluding hydrogens is 250 g/mol. The second kappa shape index (κ2) is 5.46. The maximum atomic E-state index is 4.51. The average molecular weight is 269 g/mol. The van der Waals surface area contributed by atoms with E-state index in [1.165, 1.54) is 10.9 Å². The van der Waals surface area contributed by atoms with Crippen LogP contribution in [0.25, 0.3) is 11.0 Å². The molecule has 0 bridgehead atoms. The Labute approximate surface area is 118 Å². The molecule has 0 saturated carbocycles. The minimum absolute atomic E-state index is 0.750. The van der Waals surface area contributed by atoms with Crippen molar-refractivity contribution in [3.8, 4) is 0 Å². The summed E-state index contributed by atoms with van der Waals surface area (Å²) in [5.41, 5.74) is 3.35. The summed E-state index contributed by atoms with van der Waals surface area (Å²) < 4.78 is 4.00. The van der Waals surface area contributed by atoms with Crippen LogP contribution in [0.2, 0.25) is 0 Å². The molecule has 3 aromatic heterocycles. The number of aromatic nitrogens is 4. The van der Waals surface area contributed by atoms with Crippen molar-refractivity contribution in [1.29, 1.82) is 0 Å². The fourth-order valence-electron chi connectivity index (χ4n) is 2.44. The Balaban J connectivity index is 1.97. The number of hydrogen-bond donors (Lipinski definition) is 1. The Bertz CT molecular complexity index is 710. The van der Waals surface area contributed by atoms with E-state index in [2.05, 4.69) is 39.2 Å². The Kier molecular flexibility index (Phi) is 3.52. The maximum absolute atomic E-state index is 4.51. The summed E-state index contributed by atoms with van der Waals surface area (Å²) in [7, 11) is 1.94. The van der Waals surface area contributed by atoms with E-state index in [0.29, 0.717) is 0 Å². The fourth-order valence-corrected chi connectivity index (χ4v) is 2.44. The third-order valence-electron chi connectivity index (χ3n) is 3.38. The fraction of sp³-hybridized carbons (Fsp3) is 0.333. The number of rotatable bonds is 5. The molecule has 0 atom stereocenters. The van der Waals surface area contributed by atoms with Gasteiger partial charge in [-0.2, -0.15) is 5.10 Å². The van der Waals surface area contributed by atoms with Crippen LogP contribution in [0, 0.1) is 0 Å². The van der Waals surface area contributed by atoms with Crippen molar-refractivity contribution in [3.63, 3.8) is 0 Å². The molecule has 0 aliphatic heterocycles. The van der Waals surface area contributed by atoms with Gasteiger partial charge in [0.25, 0.3) is 0 Å². The largest absolute Gasteiger partial charge is 0.326 e. The first-order chi connectivity index (χ1) is 9.78. The van der Waals surface area contributed by atoms with Gasteiger partial charge in [-0.05, 0) is 30.3 Å². The molecule has 3 rings (SSSR count). The third kappa shape index (κ3) is 2.44. The normalized spacial score (nSPS) is 11.3. The van der Waals surface area contributed by atoms with Crippen molar-refractivity contribution in [2.24, 2.45) is 7.05 Å². The molecule has 5 heteroatoms. The molecule has 0 amide bonds. The number of nitrogens with one attached hydrogen (secondary N) is 1. The Morgan fingerprint density at radius 1 is 1.30 bits per heavy atom. The molecule has 0 fully saturated rings. The summed E-state index contributed by atoms with van der Waals surface area (Å²) in [5.74, 6) is 0. The summed E-state index contributed by atoms with van der Waals surface area (Å²) >= 11 is 0. The zero-order valence-electron chi connectivity index (χ0n) is 11.9. The highest BCUT2D eigenvalue weighted by atomic mass is 15.3. The number of pyridine rings is 1. The lowest BCUT2D eigenvalue weighted by molar-refractivity contribution is 0.705. The number of hydrogen-bond acceptors (Lipinski definition) is 3. The van der Waals surface area contributed by atoms with Gasteiger partial charge in [0.15, 0.2) is 0 Å². The summed E-state index contributed by atoms with van der Waals surface area (Å²) in [6.45, 7) is 4.70. The molecule has 0 spiro atoms. The SMILES string of the molecule is CCNCc1cn(Cc2ccn(C)n2)c2ncccc12. The van der Waals surface area contributed by atoms with Crippen LogP contribution >= 0.6 is 0 Å². The van der Waals surface area contributed by atoms with Crippen molar-refractivity contribution in [2.75, 3.05) is 6.54 Å². The van der Waals surface area contributed by atoms with E-state index in [1.807, 2.05) is 36.3 Å². The van der Waals surface area contributed by atoms with Crippen LogP contribution in [0.15, 0.2) is 36.8 Å². The molecule has 0 unspecified atom stereocenters. The van der Waals surface area contributed by atoms with E-state index in [9.17, 15) is 0 Å². The van der Waals surface area contributed by atoms with Crippen molar-refractivity contribution in [3.05, 3.63) is 48.0 Å². The summed E-state index contributed by atoms with van der Waals surface area (Å²) in [5, 5.41) is 9.03. The van der Waals surface area contributed by atoms with E-state index in [0.717, 1.165) is 31.0 Å². The van der Waals surface area contributed by atoms with Crippen molar-refractivity contribution in [2.45, 2.75) is 20.0 Å². The molecule has 1 N–H and O–H groups in total. The lowest BCUT2D eigenvalue weighted by Crippen LogP contribution is -2.11. The Hall–Kier alpha value is -2.14. The number of nitrogens with zero attached hydrogens (tertiary/aromatic N) is 4. The smallest absolute Gasteiger partial charge is 0.140 e. The predicted molar refractivity (Wildman–Crippen MR) is 79.4 cm³/mol. The molecule has 0 aromatic carbocycles. The Morgan fingerprint density at radius 3 is 2.95 bits per heavy atom. The van der Waals surface area contributed by atoms with Gasteiger partial charge < -0.3 is 9.88 Å². The van der Waals surface area contributed by atoms with Gasteiger partial charge in [0.1, 0.15) is 5.65 Å². The van der Waals surface area contributed by atoms with E-state index < -0.39 is 0 Å². The van der Waals surface area contributed by atoms with Gasteiger partial charge in [-0.1, -0.05) is 6.92 Å². The minimum Gasteiger partial charge on any atom is -0.326 e. The average Bonchev–Trinajstić information content (AvgIpc) is 3.02. The molecule has 0 aliphatic rings. The van der Waals surface area contributed by atoms with Crippen LogP contribution < -0.4 is 5.32 Å². The second-order valence-corrected chi connectivity index (χ2v) is 4.92. The van der Waals surface area contributed by atoms with Crippen molar-refractivity contribution in [1.82, 2.24) is 24.6 Å². The molecule has 20 heavy (non-hydrogen) atoms. The van der Waals surface area contributed by atoms with Crippen molar-refractivity contribution < 1.29 is 0 Å². The van der Waals surface area contributed by atoms with Crippen LogP contribution in [-0.2, 0) is 20.1 Å². The monoisotopic (exact) mass is 269 g/mol. The molecule has 104 valence electrons. The highest BCUT2D eigenvalue weighted by Crippen LogP contribution is 2.20. The highest BCUT2D eigenvalue weighted by molar-refractivity contribution is 5.80. The third-order valence-corrected chi connectivity index (χ3v) is 3.38. The number of aryl methyl sites for hydroxylation is 1. The standard InChI is InChI=1S/C15H19N5/c1-3-16-9-12-10-20(11-13-6-8-19(2)18-13)15-14(12)5-4-7-17-15/h4-8,10,16H,3,9,11H2,1-2H3. The van der Waals surface area contributed by atoms with Gasteiger partial charge in [-0.3, -0.25) is 4.68 Å². The van der Waals surface area contributed by atoms with Crippen LogP contribution in [0.3, 0.4) is 0 Å². The number of fused-ring (bicyclic) bond motifs is 1. The van der Waals surface area contributed by atoms with Crippen LogP contribution in [0.1, 0.15) is 18.2 Å². The zero-order valence-corrected chi connectivity index (χ0v) is 11.9. The van der Waals surface area contributed by atoms with Crippen LogP contribution in [-0.4, -0.2) is 25.9 Å². The summed E-state index contributed by atoms with van der Waals surface area (Å²) in [4.78, 5) is 4.51. The quantitative estimate of drug-likeness (QED) is 0.770. The summed E-state index contributed by atoms with van der Waals surface area (Å²) in [6, 6.07) is 6.16. The lowest BCUT2D eigenvalue weighted by atomic mass is 10.2. The molecule has 0 aliphatic carbocycles. The lowest BCUT2D eigenvalue weighted by Gasteiger charge is -2.01. The van der Waals surface area contributed by atoms with E-state index in [1.54, 1.807) is 0 Å². The van der Waals surface area contributed by atoms with Gasteiger partial charge in [0.05, 0.1) is 12.2 Å². The first-order valence-corrected chi connectivity index (χ1v) is 6.90. The maximum Gasteiger partial charge on any atom is 0.140 e. The molecular formula is C15H19N5. The predicted octanol–water partition coefficient (Wildman–Crippen LogP) is 1.93. The van der Waals surface area contributed by atoms with E-state index in [-0.39, 0.29) is 0 Å². The molecule has 0 radical (unpaired) electrons. The minimum atomic E-state index is 0.750. The summed E-state index contributed by atoms with van der Waals surface area (Å²) in [6.07, 6.45) is 5.98. The highest BCUT2D eigenvalue weighted by Gasteiger charge is 2.10. The molecule has 3 heterocycles. The van der Waals surface area contributed by atoms with Gasteiger partial charge in [0, 0.05) is 37.6 Å². The topological polar surface area (TPSA) is 47.7 Å². The van der Waals surface area contributed by atoms with E-state index in [4.69, 9.17) is 0 Å². The molecule has 3 aromatic rings. The Morgan fingerprint density at radius 2 is 2.20 bits per heavy atom. The zero-order chi connectivity index (χ0) is 13.9. The second-order valence-electron chi connectivity index (χ2n) is 4.92. The van der Waals surface area contributed by atoms with Crippen LogP contribution in [0.4, 0.5) is 0 Å². The van der Waals surface area contributed by atoms with Gasteiger partial charge >= 0.3 is 0 Å². The first-order valence-electron chi connectivity index (χ1n) is 6.90. The molecule has 5 nitrogen and oxygen atoms in total. The molecule has 0 saturated heterocycles.